The summed E-state index contributed by atoms with van der Waals surface area (Å²) in [6.07, 6.45) is 11.2. The number of fused-ring (bicyclic) bond motifs is 1. The first-order valence-corrected chi connectivity index (χ1v) is 10.5. The molecule has 5 nitrogen and oxygen atoms in total. The summed E-state index contributed by atoms with van der Waals surface area (Å²) in [4.78, 5) is 20.1. The highest BCUT2D eigenvalue weighted by Gasteiger charge is 2.29. The van der Waals surface area contributed by atoms with Gasteiger partial charge in [-0.25, -0.2) is 9.78 Å². The molecule has 2 aliphatic rings. The lowest BCUT2D eigenvalue weighted by Crippen LogP contribution is -2.33. The largest absolute Gasteiger partial charge is 0.446 e. The van der Waals surface area contributed by atoms with Gasteiger partial charge in [0.15, 0.2) is 0 Å². The van der Waals surface area contributed by atoms with Crippen LogP contribution < -0.4 is 5.32 Å². The van der Waals surface area contributed by atoms with E-state index in [1.165, 1.54) is 48.7 Å². The van der Waals surface area contributed by atoms with E-state index in [1.54, 1.807) is 0 Å². The van der Waals surface area contributed by atoms with Crippen molar-refractivity contribution in [2.24, 2.45) is 0 Å². The normalized spacial score (nSPS) is 23.8. The first-order chi connectivity index (χ1) is 13.1. The van der Waals surface area contributed by atoms with E-state index in [0.29, 0.717) is 11.8 Å². The summed E-state index contributed by atoms with van der Waals surface area (Å²) in [7, 11) is 0. The third-order valence-electron chi connectivity index (χ3n) is 6.09. The molecule has 2 aromatic heterocycles. The maximum Gasteiger partial charge on any atom is 0.407 e. The van der Waals surface area contributed by atoms with Crippen LogP contribution in [0, 0.1) is 0 Å². The van der Waals surface area contributed by atoms with Gasteiger partial charge in [-0.1, -0.05) is 19.3 Å². The van der Waals surface area contributed by atoms with Crippen LogP contribution in [0.5, 0.6) is 0 Å². The predicted octanol–water partition coefficient (Wildman–Crippen LogP) is 5.38. The number of aromatic nitrogens is 2. The Bertz CT molecular complexity index is 792. The van der Waals surface area contributed by atoms with Crippen LogP contribution in [0.2, 0.25) is 0 Å². The second-order valence-corrected chi connectivity index (χ2v) is 8.60. The van der Waals surface area contributed by atoms with Crippen LogP contribution in [-0.2, 0) is 4.74 Å². The lowest BCUT2D eigenvalue weighted by atomic mass is 9.87. The van der Waals surface area contributed by atoms with E-state index in [0.717, 1.165) is 24.9 Å². The molecule has 0 spiro atoms. The highest BCUT2D eigenvalue weighted by molar-refractivity contribution is 5.77. The number of H-pyrrole nitrogens is 1. The van der Waals surface area contributed by atoms with Gasteiger partial charge in [-0.3, -0.25) is 0 Å². The average Bonchev–Trinajstić information content (AvgIpc) is 3.27. The Hall–Kier alpha value is -2.04. The Morgan fingerprint density at radius 1 is 1.15 bits per heavy atom. The maximum absolute atomic E-state index is 11.8. The van der Waals surface area contributed by atoms with Crippen molar-refractivity contribution in [2.75, 3.05) is 0 Å². The van der Waals surface area contributed by atoms with Crippen LogP contribution in [0.3, 0.4) is 0 Å². The second kappa shape index (κ2) is 7.91. The van der Waals surface area contributed by atoms with Gasteiger partial charge < -0.3 is 15.0 Å². The molecular formula is C22H31N3O2. The molecule has 0 aromatic carbocycles. The van der Waals surface area contributed by atoms with E-state index in [1.807, 2.05) is 20.0 Å². The topological polar surface area (TPSA) is 67.0 Å². The van der Waals surface area contributed by atoms with Gasteiger partial charge in [0, 0.05) is 23.3 Å². The summed E-state index contributed by atoms with van der Waals surface area (Å²) in [5.74, 6) is 1.09. The van der Waals surface area contributed by atoms with Crippen molar-refractivity contribution in [3.05, 3.63) is 29.6 Å². The third-order valence-corrected chi connectivity index (χ3v) is 6.09. The Labute approximate surface area is 161 Å². The van der Waals surface area contributed by atoms with Gasteiger partial charge in [0.25, 0.3) is 0 Å². The molecule has 2 aliphatic carbocycles. The average molecular weight is 370 g/mol. The molecule has 2 fully saturated rings. The van der Waals surface area contributed by atoms with E-state index in [4.69, 9.17) is 9.72 Å². The molecule has 0 bridgehead atoms. The third kappa shape index (κ3) is 4.28. The van der Waals surface area contributed by atoms with Crippen molar-refractivity contribution in [3.8, 4) is 0 Å². The van der Waals surface area contributed by atoms with Crippen LogP contribution in [0.15, 0.2) is 18.3 Å². The van der Waals surface area contributed by atoms with Gasteiger partial charge in [0.2, 0.25) is 0 Å². The highest BCUT2D eigenvalue weighted by Crippen LogP contribution is 2.38. The number of nitrogens with zero attached hydrogens (tertiary/aromatic N) is 1. The minimum Gasteiger partial charge on any atom is -0.446 e. The van der Waals surface area contributed by atoms with Crippen molar-refractivity contribution in [1.82, 2.24) is 15.3 Å². The SMILES string of the molecule is CC(C)NC(=O)O[C@@H]1CC[C@H](c2cnc3[nH]c(C4CCCCC4)cc3c2)C1. The van der Waals surface area contributed by atoms with Gasteiger partial charge in [0.05, 0.1) is 0 Å². The smallest absolute Gasteiger partial charge is 0.407 e. The van der Waals surface area contributed by atoms with Crippen molar-refractivity contribution in [2.45, 2.75) is 89.2 Å². The number of pyridine rings is 1. The lowest BCUT2D eigenvalue weighted by Gasteiger charge is -2.20. The first kappa shape index (κ1) is 18.3. The van der Waals surface area contributed by atoms with Gasteiger partial charge in [-0.2, -0.15) is 0 Å². The summed E-state index contributed by atoms with van der Waals surface area (Å²) in [5.41, 5.74) is 3.63. The minimum atomic E-state index is -0.299. The fraction of sp³-hybridized carbons (Fsp3) is 0.636. The molecule has 2 saturated carbocycles. The van der Waals surface area contributed by atoms with Crippen LogP contribution in [-0.4, -0.2) is 28.2 Å². The number of alkyl carbamates (subject to hydrolysis) is 1. The minimum absolute atomic E-state index is 0.00784. The highest BCUT2D eigenvalue weighted by atomic mass is 16.6. The van der Waals surface area contributed by atoms with Gasteiger partial charge in [0.1, 0.15) is 11.8 Å². The first-order valence-electron chi connectivity index (χ1n) is 10.5. The summed E-state index contributed by atoms with van der Waals surface area (Å²) < 4.78 is 5.57. The predicted molar refractivity (Wildman–Crippen MR) is 107 cm³/mol. The molecule has 0 saturated heterocycles. The Morgan fingerprint density at radius 2 is 1.96 bits per heavy atom. The second-order valence-electron chi connectivity index (χ2n) is 8.60. The Balaban J connectivity index is 1.42. The van der Waals surface area contributed by atoms with Crippen molar-refractivity contribution in [3.63, 3.8) is 0 Å². The lowest BCUT2D eigenvalue weighted by molar-refractivity contribution is 0.0982. The number of aromatic amines is 1. The van der Waals surface area contributed by atoms with E-state index in [2.05, 4.69) is 22.4 Å². The molecule has 0 aliphatic heterocycles. The van der Waals surface area contributed by atoms with Crippen LogP contribution in [0.1, 0.15) is 88.3 Å². The molecular weight excluding hydrogens is 338 g/mol. The number of hydrogen-bond donors (Lipinski definition) is 2. The van der Waals surface area contributed by atoms with Gasteiger partial charge in [-0.05, 0) is 75.5 Å². The molecule has 27 heavy (non-hydrogen) atoms. The molecule has 2 aromatic rings. The van der Waals surface area contributed by atoms with Crippen molar-refractivity contribution >= 4 is 17.1 Å². The number of rotatable bonds is 4. The fourth-order valence-electron chi connectivity index (χ4n) is 4.68. The zero-order valence-corrected chi connectivity index (χ0v) is 16.5. The molecule has 2 heterocycles. The molecule has 2 atom stereocenters. The Morgan fingerprint density at radius 3 is 2.74 bits per heavy atom. The van der Waals surface area contributed by atoms with E-state index >= 15 is 0 Å². The molecule has 0 radical (unpaired) electrons. The maximum atomic E-state index is 11.8. The van der Waals surface area contributed by atoms with Crippen molar-refractivity contribution < 1.29 is 9.53 Å². The van der Waals surface area contributed by atoms with Crippen molar-refractivity contribution in [1.29, 1.82) is 0 Å². The fourth-order valence-corrected chi connectivity index (χ4v) is 4.68. The number of ether oxygens (including phenoxy) is 1. The number of carbonyl (C=O) groups is 1. The standard InChI is InChI=1S/C22H31N3O2/c1-14(2)24-22(26)27-19-9-8-16(11-19)18-10-17-12-20(25-21(17)23-13-18)15-6-4-3-5-7-15/h10,12-16,19H,3-9,11H2,1-2H3,(H,23,25)(H,24,26)/t16-,19+/m0/s1. The Kier molecular flexibility index (Phi) is 5.37. The number of hydrogen-bond acceptors (Lipinski definition) is 3. The van der Waals surface area contributed by atoms with Crippen LogP contribution in [0.4, 0.5) is 4.79 Å². The van der Waals surface area contributed by atoms with Gasteiger partial charge >= 0.3 is 6.09 Å². The summed E-state index contributed by atoms with van der Waals surface area (Å²) >= 11 is 0. The molecule has 146 valence electrons. The van der Waals surface area contributed by atoms with E-state index < -0.39 is 0 Å². The molecule has 5 heteroatoms. The molecule has 4 rings (SSSR count). The summed E-state index contributed by atoms with van der Waals surface area (Å²) in [6.45, 7) is 3.89. The molecule has 1 amide bonds. The zero-order valence-electron chi connectivity index (χ0n) is 16.5. The molecule has 0 unspecified atom stereocenters. The van der Waals surface area contributed by atoms with E-state index in [9.17, 15) is 4.79 Å². The zero-order chi connectivity index (χ0) is 18.8. The number of nitrogens with one attached hydrogen (secondary N) is 2. The number of amides is 1. The molecule has 2 N–H and O–H groups in total. The number of carbonyl (C=O) groups excluding carboxylic acids is 1. The monoisotopic (exact) mass is 369 g/mol. The van der Waals surface area contributed by atoms with E-state index in [-0.39, 0.29) is 18.2 Å². The summed E-state index contributed by atoms with van der Waals surface area (Å²) in [5, 5.41) is 4.02. The van der Waals surface area contributed by atoms with Crippen LogP contribution >= 0.6 is 0 Å². The quantitative estimate of drug-likeness (QED) is 0.760. The summed E-state index contributed by atoms with van der Waals surface area (Å²) in [6, 6.07) is 4.70. The van der Waals surface area contributed by atoms with Crippen LogP contribution in [0.25, 0.3) is 11.0 Å². The van der Waals surface area contributed by atoms with Gasteiger partial charge in [-0.15, -0.1) is 0 Å².